The molecule has 1 unspecified atom stereocenters. The summed E-state index contributed by atoms with van der Waals surface area (Å²) in [5.41, 5.74) is -0.341. The molecule has 0 saturated carbocycles. The Kier molecular flexibility index (Phi) is 8.07. The molecule has 1 fully saturated rings. The number of esters is 1. The Bertz CT molecular complexity index is 736. The van der Waals surface area contributed by atoms with Crippen LogP contribution in [0.4, 0.5) is 4.79 Å². The number of carbonyl (C=O) groups is 2. The van der Waals surface area contributed by atoms with E-state index < -0.39 is 17.4 Å². The quantitative estimate of drug-likeness (QED) is 0.582. The van der Waals surface area contributed by atoms with E-state index in [1.165, 1.54) is 0 Å². The zero-order valence-electron chi connectivity index (χ0n) is 19.0. The van der Waals surface area contributed by atoms with Crippen molar-refractivity contribution >= 4 is 18.1 Å². The van der Waals surface area contributed by atoms with Crippen LogP contribution in [0.1, 0.15) is 59.9 Å². The summed E-state index contributed by atoms with van der Waals surface area (Å²) in [7, 11) is 0. The molecule has 2 atom stereocenters. The van der Waals surface area contributed by atoms with Gasteiger partial charge in [0.1, 0.15) is 11.3 Å². The highest BCUT2D eigenvalue weighted by molar-refractivity contribution is 5.73. The van der Waals surface area contributed by atoms with Gasteiger partial charge in [-0.2, -0.15) is 0 Å². The molecule has 1 amide bonds. The molecule has 1 saturated heterocycles. The van der Waals surface area contributed by atoms with Gasteiger partial charge in [0.05, 0.1) is 25.2 Å². The molecule has 1 heterocycles. The Hall–Kier alpha value is -2.34. The normalized spacial score (nSPS) is 19.7. The number of amides is 1. The van der Waals surface area contributed by atoms with Crippen LogP contribution in [-0.2, 0) is 19.0 Å². The van der Waals surface area contributed by atoms with Crippen molar-refractivity contribution in [3.05, 3.63) is 42.0 Å². The minimum absolute atomic E-state index is 0.260. The predicted octanol–water partition coefficient (Wildman–Crippen LogP) is 5.03. The lowest BCUT2D eigenvalue weighted by Crippen LogP contribution is -2.50. The molecule has 0 aliphatic carbocycles. The maximum Gasteiger partial charge on any atom is 0.412 e. The van der Waals surface area contributed by atoms with Gasteiger partial charge in [-0.05, 0) is 59.9 Å². The molecule has 0 aromatic heterocycles. The number of benzene rings is 1. The fourth-order valence-corrected chi connectivity index (χ4v) is 3.55. The maximum atomic E-state index is 12.9. The third-order valence-electron chi connectivity index (χ3n) is 4.87. The van der Waals surface area contributed by atoms with E-state index >= 15 is 0 Å². The lowest BCUT2D eigenvalue weighted by Gasteiger charge is -2.35. The van der Waals surface area contributed by atoms with Gasteiger partial charge in [0, 0.05) is 0 Å². The lowest BCUT2D eigenvalue weighted by atomic mass is 9.95. The van der Waals surface area contributed by atoms with E-state index in [0.717, 1.165) is 5.56 Å². The first-order chi connectivity index (χ1) is 14.0. The molecule has 0 radical (unpaired) electrons. The van der Waals surface area contributed by atoms with Gasteiger partial charge in [0.25, 0.3) is 0 Å². The summed E-state index contributed by atoms with van der Waals surface area (Å²) in [6.45, 7) is 11.6. The van der Waals surface area contributed by atoms with Gasteiger partial charge in [-0.15, -0.1) is 0 Å². The van der Waals surface area contributed by atoms with Crippen LogP contribution in [0.3, 0.4) is 0 Å². The fraction of sp³-hybridized carbons (Fsp3) is 0.583. The number of nitrogens with zero attached hydrogens (tertiary/aromatic N) is 1. The van der Waals surface area contributed by atoms with Crippen molar-refractivity contribution in [2.75, 3.05) is 13.2 Å². The number of hydrogen-bond donors (Lipinski definition) is 0. The zero-order chi connectivity index (χ0) is 22.4. The van der Waals surface area contributed by atoms with Gasteiger partial charge >= 0.3 is 12.1 Å². The standard InChI is InChI=1S/C24H35NO5/c1-7-28-21(26)19(15-11-14-18-12-9-8-10-13-18)16-20-17-29-24(5,6)25(20)22(27)30-23(2,3)4/h8-14,19-20H,7,15-17H2,1-6H3/t19?,20-/m1/s1. The first-order valence-corrected chi connectivity index (χ1v) is 10.6. The molecule has 2 rings (SSSR count). The zero-order valence-corrected chi connectivity index (χ0v) is 19.0. The molecule has 6 heteroatoms. The van der Waals surface area contributed by atoms with Gasteiger partial charge in [-0.1, -0.05) is 42.5 Å². The van der Waals surface area contributed by atoms with Gasteiger partial charge in [0.15, 0.2) is 0 Å². The van der Waals surface area contributed by atoms with E-state index in [9.17, 15) is 9.59 Å². The van der Waals surface area contributed by atoms with Crippen LogP contribution >= 0.6 is 0 Å². The molecule has 166 valence electrons. The molecule has 6 nitrogen and oxygen atoms in total. The largest absolute Gasteiger partial charge is 0.466 e. The van der Waals surface area contributed by atoms with Crippen molar-refractivity contribution in [2.24, 2.45) is 5.92 Å². The molecule has 0 bridgehead atoms. The average molecular weight is 418 g/mol. The number of carbonyl (C=O) groups excluding carboxylic acids is 2. The first-order valence-electron chi connectivity index (χ1n) is 10.6. The second-order valence-electron chi connectivity index (χ2n) is 9.00. The SMILES string of the molecule is CCOC(=O)C(CC=Cc1ccccc1)C[C@@H]1COC(C)(C)N1C(=O)OC(C)(C)C. The topological polar surface area (TPSA) is 65.1 Å². The minimum Gasteiger partial charge on any atom is -0.466 e. The second-order valence-corrected chi connectivity index (χ2v) is 9.00. The van der Waals surface area contributed by atoms with E-state index in [4.69, 9.17) is 14.2 Å². The van der Waals surface area contributed by atoms with Crippen molar-refractivity contribution in [1.82, 2.24) is 4.90 Å². The molecular weight excluding hydrogens is 382 g/mol. The Balaban J connectivity index is 2.14. The summed E-state index contributed by atoms with van der Waals surface area (Å²) in [5.74, 6) is -0.638. The van der Waals surface area contributed by atoms with E-state index in [1.54, 1.807) is 11.8 Å². The fourth-order valence-electron chi connectivity index (χ4n) is 3.55. The molecular formula is C24H35NO5. The lowest BCUT2D eigenvalue weighted by molar-refractivity contribution is -0.148. The van der Waals surface area contributed by atoms with Crippen LogP contribution in [0.15, 0.2) is 36.4 Å². The number of rotatable bonds is 7. The third kappa shape index (κ3) is 6.87. The summed E-state index contributed by atoms with van der Waals surface area (Å²) in [4.78, 5) is 27.1. The van der Waals surface area contributed by atoms with Crippen molar-refractivity contribution in [3.8, 4) is 0 Å². The van der Waals surface area contributed by atoms with Gasteiger partial charge in [-0.25, -0.2) is 4.79 Å². The van der Waals surface area contributed by atoms with E-state index in [1.807, 2.05) is 77.1 Å². The summed E-state index contributed by atoms with van der Waals surface area (Å²) >= 11 is 0. The maximum absolute atomic E-state index is 12.9. The van der Waals surface area contributed by atoms with Crippen LogP contribution in [0, 0.1) is 5.92 Å². The van der Waals surface area contributed by atoms with Crippen LogP contribution in [0.5, 0.6) is 0 Å². The molecule has 1 aromatic carbocycles. The van der Waals surface area contributed by atoms with Crippen LogP contribution < -0.4 is 0 Å². The molecule has 0 spiro atoms. The average Bonchev–Trinajstić information content (AvgIpc) is 2.94. The molecule has 30 heavy (non-hydrogen) atoms. The predicted molar refractivity (Wildman–Crippen MR) is 117 cm³/mol. The highest BCUT2D eigenvalue weighted by atomic mass is 16.6. The van der Waals surface area contributed by atoms with Gasteiger partial charge in [-0.3, -0.25) is 9.69 Å². The molecule has 1 aliphatic heterocycles. The monoisotopic (exact) mass is 417 g/mol. The number of ether oxygens (including phenoxy) is 3. The Morgan fingerprint density at radius 1 is 1.27 bits per heavy atom. The Morgan fingerprint density at radius 2 is 1.93 bits per heavy atom. The third-order valence-corrected chi connectivity index (χ3v) is 4.87. The summed E-state index contributed by atoms with van der Waals surface area (Å²) in [5, 5.41) is 0. The minimum atomic E-state index is -0.800. The number of hydrogen-bond acceptors (Lipinski definition) is 5. The van der Waals surface area contributed by atoms with Crippen molar-refractivity contribution in [2.45, 2.75) is 71.8 Å². The molecule has 1 aromatic rings. The Morgan fingerprint density at radius 3 is 2.53 bits per heavy atom. The van der Waals surface area contributed by atoms with Crippen LogP contribution in [0.2, 0.25) is 0 Å². The molecule has 1 aliphatic rings. The van der Waals surface area contributed by atoms with Crippen LogP contribution in [0.25, 0.3) is 6.08 Å². The van der Waals surface area contributed by atoms with Crippen LogP contribution in [-0.4, -0.2) is 47.5 Å². The van der Waals surface area contributed by atoms with E-state index in [2.05, 4.69) is 0 Å². The highest BCUT2D eigenvalue weighted by Crippen LogP contribution is 2.33. The smallest absolute Gasteiger partial charge is 0.412 e. The molecule has 0 N–H and O–H groups in total. The van der Waals surface area contributed by atoms with Gasteiger partial charge < -0.3 is 14.2 Å². The summed E-state index contributed by atoms with van der Waals surface area (Å²) in [6.07, 6.45) is 4.51. The summed E-state index contributed by atoms with van der Waals surface area (Å²) in [6, 6.07) is 9.65. The first kappa shape index (κ1) is 23.9. The van der Waals surface area contributed by atoms with Crippen molar-refractivity contribution in [3.63, 3.8) is 0 Å². The number of allylic oxidation sites excluding steroid dienone is 1. The Labute approximate surface area is 180 Å². The van der Waals surface area contributed by atoms with Crippen molar-refractivity contribution < 1.29 is 23.8 Å². The summed E-state index contributed by atoms with van der Waals surface area (Å²) < 4.78 is 16.8. The highest BCUT2D eigenvalue weighted by Gasteiger charge is 2.46. The second kappa shape index (κ2) is 10.1. The van der Waals surface area contributed by atoms with E-state index in [0.29, 0.717) is 26.1 Å². The van der Waals surface area contributed by atoms with Crippen molar-refractivity contribution in [1.29, 1.82) is 0 Å². The van der Waals surface area contributed by atoms with E-state index in [-0.39, 0.29) is 17.9 Å². The van der Waals surface area contributed by atoms with Gasteiger partial charge in [0.2, 0.25) is 0 Å².